The molecule has 3 nitrogen and oxygen atoms in total. The van der Waals surface area contributed by atoms with Crippen LogP contribution in [0.1, 0.15) is 38.9 Å². The maximum atomic E-state index is 14.6. The minimum absolute atomic E-state index is 0.00769. The zero-order chi connectivity index (χ0) is 49.8. The average Bonchev–Trinajstić information content (AvgIpc) is 3.81. The smallest absolute Gasteiger partial charge is 0.309 e. The van der Waals surface area contributed by atoms with Crippen LogP contribution in [0.4, 0.5) is 52.7 Å². The van der Waals surface area contributed by atoms with Gasteiger partial charge in [0.05, 0.1) is 61.3 Å². The highest BCUT2D eigenvalue weighted by atomic mass is 19.4. The van der Waals surface area contributed by atoms with Gasteiger partial charge in [-0.2, -0.15) is 57.9 Å². The molecular weight excluding hydrogens is 931 g/mol. The van der Waals surface area contributed by atoms with Gasteiger partial charge >= 0.3 is 24.7 Å². The van der Waals surface area contributed by atoms with E-state index >= 15 is 0 Å². The van der Waals surface area contributed by atoms with E-state index in [1.807, 2.05) is 0 Å². The summed E-state index contributed by atoms with van der Waals surface area (Å²) < 4.78 is 175. The zero-order valence-corrected chi connectivity index (χ0v) is 36.3. The minimum Gasteiger partial charge on any atom is -0.309 e. The Labute approximate surface area is 389 Å². The van der Waals surface area contributed by atoms with E-state index in [4.69, 9.17) is 0 Å². The molecule has 0 saturated carbocycles. The number of aromatic nitrogens is 2. The number of benzene rings is 8. The van der Waals surface area contributed by atoms with Crippen LogP contribution in [0.3, 0.4) is 0 Å². The number of para-hydroxylation sites is 2. The molecular formula is C55H31F12N3. The standard InChI is InChI=1S/C55H31F12N3/c1-29-11-15-37(44(21-29)54(62,63)64)31-13-18-49-43(23-31)40-8-4-6-10-47(40)70(49)51-25-34(28-68)50(27-41(51)33-19-30(2)20-36(22-33)53(59,60)61)69-46-9-5-3-7-39(46)42-24-32(12-17-48(42)69)38-16-14-35(52(56,57)58)26-45(38)55(65,66)67/h3-27H,1-2H3. The Hall–Kier alpha value is -7.99. The van der Waals surface area contributed by atoms with Crippen molar-refractivity contribution in [2.75, 3.05) is 0 Å². The van der Waals surface area contributed by atoms with E-state index in [0.29, 0.717) is 55.2 Å². The molecule has 0 saturated heterocycles. The number of hydrogen-bond acceptors (Lipinski definition) is 1. The third-order valence-corrected chi connectivity index (χ3v) is 12.5. The van der Waals surface area contributed by atoms with Crippen molar-refractivity contribution < 1.29 is 52.7 Å². The first-order valence-corrected chi connectivity index (χ1v) is 21.3. The summed E-state index contributed by atoms with van der Waals surface area (Å²) in [6, 6.07) is 36.9. The number of halogens is 12. The summed E-state index contributed by atoms with van der Waals surface area (Å²) in [6.45, 7) is 3.05. The fourth-order valence-corrected chi connectivity index (χ4v) is 9.52. The molecule has 0 atom stereocenters. The zero-order valence-electron chi connectivity index (χ0n) is 36.3. The van der Waals surface area contributed by atoms with Crippen molar-refractivity contribution in [2.45, 2.75) is 38.6 Å². The SMILES string of the molecule is Cc1cc(-c2cc(-n3c4ccccc4c4cc(-c5ccc(C(F)(F)F)cc5C(F)(F)F)ccc43)c(C#N)cc2-n2c3ccccc3c3cc(-c4ccc(C)cc4C(F)(F)F)ccc32)cc(C(F)(F)F)c1. The molecule has 0 aliphatic heterocycles. The summed E-state index contributed by atoms with van der Waals surface area (Å²) in [5, 5.41) is 12.9. The van der Waals surface area contributed by atoms with E-state index in [1.54, 1.807) is 94.9 Å². The van der Waals surface area contributed by atoms with Crippen LogP contribution in [-0.4, -0.2) is 9.13 Å². The summed E-state index contributed by atoms with van der Waals surface area (Å²) in [6.07, 6.45) is -19.7. The van der Waals surface area contributed by atoms with Crippen LogP contribution in [0.5, 0.6) is 0 Å². The Morgan fingerprint density at radius 1 is 0.371 bits per heavy atom. The Balaban J connectivity index is 1.26. The molecule has 0 fully saturated rings. The molecule has 0 N–H and O–H groups in total. The molecule has 0 unspecified atom stereocenters. The molecule has 2 heterocycles. The second-order valence-corrected chi connectivity index (χ2v) is 17.1. The molecule has 0 aliphatic carbocycles. The van der Waals surface area contributed by atoms with Gasteiger partial charge in [-0.05, 0) is 126 Å². The van der Waals surface area contributed by atoms with Gasteiger partial charge in [0.2, 0.25) is 0 Å². The molecule has 0 amide bonds. The molecule has 10 aromatic rings. The molecule has 0 spiro atoms. The van der Waals surface area contributed by atoms with Gasteiger partial charge < -0.3 is 9.13 Å². The summed E-state index contributed by atoms with van der Waals surface area (Å²) >= 11 is 0. The van der Waals surface area contributed by atoms with Crippen molar-refractivity contribution in [3.05, 3.63) is 191 Å². The average molecular weight is 962 g/mol. The lowest BCUT2D eigenvalue weighted by molar-refractivity contribution is -0.143. The van der Waals surface area contributed by atoms with Crippen molar-refractivity contribution in [1.29, 1.82) is 5.26 Å². The van der Waals surface area contributed by atoms with Crippen LogP contribution in [0.2, 0.25) is 0 Å². The van der Waals surface area contributed by atoms with Crippen LogP contribution in [0.25, 0.3) is 88.4 Å². The lowest BCUT2D eigenvalue weighted by Gasteiger charge is -2.20. The Bertz CT molecular complexity index is 3820. The first-order chi connectivity index (χ1) is 33.0. The first kappa shape index (κ1) is 45.8. The van der Waals surface area contributed by atoms with Gasteiger partial charge in [-0.3, -0.25) is 0 Å². The predicted molar refractivity (Wildman–Crippen MR) is 246 cm³/mol. The number of nitrogens with zero attached hydrogens (tertiary/aromatic N) is 3. The van der Waals surface area contributed by atoms with Crippen molar-refractivity contribution in [3.8, 4) is 50.8 Å². The molecule has 0 aliphatic rings. The number of nitriles is 1. The van der Waals surface area contributed by atoms with Crippen molar-refractivity contribution in [1.82, 2.24) is 9.13 Å². The van der Waals surface area contributed by atoms with Gasteiger partial charge in [0.15, 0.2) is 0 Å². The monoisotopic (exact) mass is 961 g/mol. The third kappa shape index (κ3) is 7.77. The molecule has 15 heteroatoms. The highest BCUT2D eigenvalue weighted by Gasteiger charge is 2.39. The van der Waals surface area contributed by atoms with E-state index in [9.17, 15) is 57.9 Å². The minimum atomic E-state index is -5.17. The summed E-state index contributed by atoms with van der Waals surface area (Å²) in [7, 11) is 0. The fraction of sp³-hybridized carbons (Fsp3) is 0.109. The number of aryl methyl sites for hydroxylation is 2. The number of alkyl halides is 12. The van der Waals surface area contributed by atoms with Crippen LogP contribution in [-0.2, 0) is 24.7 Å². The summed E-state index contributed by atoms with van der Waals surface area (Å²) in [5.41, 5.74) is -2.02. The van der Waals surface area contributed by atoms with Crippen LogP contribution in [0, 0.1) is 25.2 Å². The number of rotatable bonds is 5. The lowest BCUT2D eigenvalue weighted by Crippen LogP contribution is -2.12. The van der Waals surface area contributed by atoms with Gasteiger partial charge in [0, 0.05) is 27.1 Å². The largest absolute Gasteiger partial charge is 0.417 e. The molecule has 0 bridgehead atoms. The molecule has 70 heavy (non-hydrogen) atoms. The normalized spacial score (nSPS) is 12.7. The van der Waals surface area contributed by atoms with Crippen LogP contribution in [0.15, 0.2) is 152 Å². The van der Waals surface area contributed by atoms with Crippen molar-refractivity contribution in [3.63, 3.8) is 0 Å². The highest BCUT2D eigenvalue weighted by molar-refractivity contribution is 6.12. The Morgan fingerprint density at radius 3 is 1.40 bits per heavy atom. The third-order valence-electron chi connectivity index (χ3n) is 12.5. The first-order valence-electron chi connectivity index (χ1n) is 21.3. The van der Waals surface area contributed by atoms with E-state index < -0.39 is 52.5 Å². The lowest BCUT2D eigenvalue weighted by atomic mass is 9.95. The maximum Gasteiger partial charge on any atom is 0.417 e. The summed E-state index contributed by atoms with van der Waals surface area (Å²) in [5.74, 6) is 0. The Kier molecular flexibility index (Phi) is 10.5. The van der Waals surface area contributed by atoms with Crippen LogP contribution >= 0.6 is 0 Å². The topological polar surface area (TPSA) is 33.6 Å². The maximum absolute atomic E-state index is 14.6. The molecule has 0 radical (unpaired) electrons. The van der Waals surface area contributed by atoms with Crippen LogP contribution < -0.4 is 0 Å². The summed E-state index contributed by atoms with van der Waals surface area (Å²) in [4.78, 5) is 0. The fourth-order valence-electron chi connectivity index (χ4n) is 9.52. The molecule has 2 aromatic heterocycles. The second kappa shape index (κ2) is 16.0. The van der Waals surface area contributed by atoms with Crippen molar-refractivity contribution in [2.24, 2.45) is 0 Å². The second-order valence-electron chi connectivity index (χ2n) is 17.1. The van der Waals surface area contributed by atoms with Gasteiger partial charge in [0.25, 0.3) is 0 Å². The Morgan fingerprint density at radius 2 is 0.871 bits per heavy atom. The van der Waals surface area contributed by atoms with Gasteiger partial charge in [-0.1, -0.05) is 78.4 Å². The van der Waals surface area contributed by atoms with E-state index in [1.165, 1.54) is 43.3 Å². The van der Waals surface area contributed by atoms with E-state index in [-0.39, 0.29) is 56.4 Å². The van der Waals surface area contributed by atoms with Crippen molar-refractivity contribution >= 4 is 43.6 Å². The molecule has 8 aromatic carbocycles. The van der Waals surface area contributed by atoms with Gasteiger partial charge in [-0.15, -0.1) is 0 Å². The predicted octanol–water partition coefficient (Wildman–Crippen LogP) is 17.4. The van der Waals surface area contributed by atoms with E-state index in [0.717, 1.165) is 24.3 Å². The van der Waals surface area contributed by atoms with Gasteiger partial charge in [0.1, 0.15) is 6.07 Å². The number of hydrogen-bond donors (Lipinski definition) is 0. The van der Waals surface area contributed by atoms with E-state index in [2.05, 4.69) is 6.07 Å². The molecule has 350 valence electrons. The molecule has 10 rings (SSSR count). The number of fused-ring (bicyclic) bond motifs is 6. The highest BCUT2D eigenvalue weighted by Crippen LogP contribution is 2.46. The van der Waals surface area contributed by atoms with Gasteiger partial charge in [-0.25, -0.2) is 0 Å². The quantitative estimate of drug-likeness (QED) is 0.158.